The van der Waals surface area contributed by atoms with Gasteiger partial charge in [0.2, 0.25) is 0 Å². The van der Waals surface area contributed by atoms with Crippen molar-refractivity contribution < 1.29 is 14.2 Å². The van der Waals surface area contributed by atoms with Crippen LogP contribution < -0.4 is 4.74 Å². The standard InChI is InChI=1S/C15H13Br2FO2/c1-9(19)13-5-4-12(17)7-15(13)20-8-10-2-3-11(16)6-14(10)18/h2-7,9,19H,8H2,1H3. The monoisotopic (exact) mass is 402 g/mol. The van der Waals surface area contributed by atoms with E-state index in [9.17, 15) is 9.50 Å². The van der Waals surface area contributed by atoms with Crippen molar-refractivity contribution in [3.8, 4) is 5.75 Å². The quantitative estimate of drug-likeness (QED) is 0.779. The second-order valence-corrected chi connectivity index (χ2v) is 6.21. The average molecular weight is 404 g/mol. The highest BCUT2D eigenvalue weighted by Gasteiger charge is 2.11. The largest absolute Gasteiger partial charge is 0.488 e. The van der Waals surface area contributed by atoms with E-state index in [-0.39, 0.29) is 12.4 Å². The Morgan fingerprint density at radius 2 is 1.80 bits per heavy atom. The maximum atomic E-state index is 13.7. The first-order valence-electron chi connectivity index (χ1n) is 6.01. The van der Waals surface area contributed by atoms with Crippen molar-refractivity contribution in [2.75, 3.05) is 0 Å². The van der Waals surface area contributed by atoms with Crippen molar-refractivity contribution in [3.05, 3.63) is 62.3 Å². The normalized spacial score (nSPS) is 12.2. The van der Waals surface area contributed by atoms with E-state index in [4.69, 9.17) is 4.74 Å². The Morgan fingerprint density at radius 3 is 2.45 bits per heavy atom. The van der Waals surface area contributed by atoms with Gasteiger partial charge in [0.1, 0.15) is 18.2 Å². The van der Waals surface area contributed by atoms with Crippen LogP contribution in [-0.4, -0.2) is 5.11 Å². The summed E-state index contributed by atoms with van der Waals surface area (Å²) in [5.41, 5.74) is 1.13. The van der Waals surface area contributed by atoms with Crippen LogP contribution in [0.5, 0.6) is 5.75 Å². The average Bonchev–Trinajstić information content (AvgIpc) is 2.37. The molecule has 0 aliphatic heterocycles. The van der Waals surface area contributed by atoms with Gasteiger partial charge in [-0.2, -0.15) is 0 Å². The highest BCUT2D eigenvalue weighted by Crippen LogP contribution is 2.29. The molecule has 0 radical (unpaired) electrons. The Balaban J connectivity index is 2.20. The van der Waals surface area contributed by atoms with Gasteiger partial charge in [-0.15, -0.1) is 0 Å². The molecule has 2 aromatic carbocycles. The van der Waals surface area contributed by atoms with Gasteiger partial charge in [0.15, 0.2) is 0 Å². The van der Waals surface area contributed by atoms with Crippen LogP contribution in [-0.2, 0) is 6.61 Å². The molecule has 0 aromatic heterocycles. The van der Waals surface area contributed by atoms with E-state index in [1.54, 1.807) is 31.2 Å². The van der Waals surface area contributed by atoms with Gasteiger partial charge in [0.05, 0.1) is 6.10 Å². The Morgan fingerprint density at radius 1 is 1.15 bits per heavy atom. The number of aliphatic hydroxyl groups excluding tert-OH is 1. The van der Waals surface area contributed by atoms with E-state index in [0.717, 1.165) is 4.47 Å². The third-order valence-corrected chi connectivity index (χ3v) is 3.81. The van der Waals surface area contributed by atoms with Crippen LogP contribution in [0.2, 0.25) is 0 Å². The minimum absolute atomic E-state index is 0.106. The molecule has 0 aliphatic carbocycles. The van der Waals surface area contributed by atoms with Crippen LogP contribution in [0.3, 0.4) is 0 Å². The minimum atomic E-state index is -0.645. The molecule has 1 atom stereocenters. The van der Waals surface area contributed by atoms with Crippen LogP contribution in [0.15, 0.2) is 45.3 Å². The molecule has 0 fully saturated rings. The fourth-order valence-corrected chi connectivity index (χ4v) is 2.45. The lowest BCUT2D eigenvalue weighted by Gasteiger charge is -2.14. The van der Waals surface area contributed by atoms with E-state index in [1.807, 2.05) is 6.07 Å². The van der Waals surface area contributed by atoms with Gasteiger partial charge in [-0.1, -0.05) is 44.0 Å². The zero-order chi connectivity index (χ0) is 14.7. The van der Waals surface area contributed by atoms with E-state index in [1.165, 1.54) is 6.07 Å². The van der Waals surface area contributed by atoms with Crippen molar-refractivity contribution in [1.82, 2.24) is 0 Å². The first-order valence-corrected chi connectivity index (χ1v) is 7.60. The van der Waals surface area contributed by atoms with Crippen LogP contribution in [0.4, 0.5) is 4.39 Å². The molecular weight excluding hydrogens is 391 g/mol. The molecular formula is C15H13Br2FO2. The Hall–Kier alpha value is -0.910. The molecule has 2 nitrogen and oxygen atoms in total. The molecule has 0 aliphatic rings. The fraction of sp³-hybridized carbons (Fsp3) is 0.200. The summed E-state index contributed by atoms with van der Waals surface area (Å²) in [7, 11) is 0. The summed E-state index contributed by atoms with van der Waals surface area (Å²) in [6.45, 7) is 1.77. The van der Waals surface area contributed by atoms with Gasteiger partial charge in [0.25, 0.3) is 0 Å². The zero-order valence-electron chi connectivity index (χ0n) is 10.7. The van der Waals surface area contributed by atoms with Gasteiger partial charge >= 0.3 is 0 Å². The molecule has 1 N–H and O–H groups in total. The summed E-state index contributed by atoms with van der Waals surface area (Å²) in [5, 5.41) is 9.71. The lowest BCUT2D eigenvalue weighted by molar-refractivity contribution is 0.190. The minimum Gasteiger partial charge on any atom is -0.488 e. The van der Waals surface area contributed by atoms with Crippen molar-refractivity contribution in [2.24, 2.45) is 0 Å². The number of halogens is 3. The number of rotatable bonds is 4. The number of aliphatic hydroxyl groups is 1. The van der Waals surface area contributed by atoms with Gasteiger partial charge in [-0.25, -0.2) is 4.39 Å². The molecule has 5 heteroatoms. The van der Waals surface area contributed by atoms with Gasteiger partial charge in [-0.05, 0) is 31.2 Å². The second kappa shape index (κ2) is 6.70. The maximum absolute atomic E-state index is 13.7. The number of hydrogen-bond donors (Lipinski definition) is 1. The molecule has 2 rings (SSSR count). The van der Waals surface area contributed by atoms with E-state index >= 15 is 0 Å². The molecule has 0 saturated heterocycles. The molecule has 0 bridgehead atoms. The highest BCUT2D eigenvalue weighted by molar-refractivity contribution is 9.10. The zero-order valence-corrected chi connectivity index (χ0v) is 13.9. The number of benzene rings is 2. The lowest BCUT2D eigenvalue weighted by Crippen LogP contribution is -2.02. The summed E-state index contributed by atoms with van der Waals surface area (Å²) >= 11 is 6.57. The molecule has 0 heterocycles. The summed E-state index contributed by atoms with van der Waals surface area (Å²) in [5.74, 6) is 0.213. The third kappa shape index (κ3) is 3.81. The second-order valence-electron chi connectivity index (χ2n) is 4.38. The molecule has 20 heavy (non-hydrogen) atoms. The van der Waals surface area contributed by atoms with E-state index in [2.05, 4.69) is 31.9 Å². The predicted octanol–water partition coefficient (Wildman–Crippen LogP) is 4.98. The molecule has 0 amide bonds. The SMILES string of the molecule is CC(O)c1ccc(Br)cc1OCc1ccc(Br)cc1F. The van der Waals surface area contributed by atoms with Crippen molar-refractivity contribution in [2.45, 2.75) is 19.6 Å². The lowest BCUT2D eigenvalue weighted by atomic mass is 10.1. The summed E-state index contributed by atoms with van der Waals surface area (Å²) in [6.07, 6.45) is -0.645. The van der Waals surface area contributed by atoms with Crippen LogP contribution in [0, 0.1) is 5.82 Å². The summed E-state index contributed by atoms with van der Waals surface area (Å²) in [6, 6.07) is 10.2. The van der Waals surface area contributed by atoms with E-state index in [0.29, 0.717) is 21.3 Å². The Kier molecular flexibility index (Phi) is 5.18. The van der Waals surface area contributed by atoms with Gasteiger partial charge in [0, 0.05) is 20.1 Å². The van der Waals surface area contributed by atoms with Crippen LogP contribution >= 0.6 is 31.9 Å². The Bertz CT molecular complexity index is 615. The van der Waals surface area contributed by atoms with Crippen LogP contribution in [0.1, 0.15) is 24.2 Å². The fourth-order valence-electron chi connectivity index (χ4n) is 1.77. The maximum Gasteiger partial charge on any atom is 0.130 e. The summed E-state index contributed by atoms with van der Waals surface area (Å²) < 4.78 is 20.9. The number of ether oxygens (including phenoxy) is 1. The first-order chi connectivity index (χ1) is 9.47. The van der Waals surface area contributed by atoms with Crippen molar-refractivity contribution in [3.63, 3.8) is 0 Å². The van der Waals surface area contributed by atoms with Crippen molar-refractivity contribution in [1.29, 1.82) is 0 Å². The van der Waals surface area contributed by atoms with Gasteiger partial charge < -0.3 is 9.84 Å². The Labute approximate surface area is 133 Å². The molecule has 0 saturated carbocycles. The van der Waals surface area contributed by atoms with Gasteiger partial charge in [-0.3, -0.25) is 0 Å². The highest BCUT2D eigenvalue weighted by atomic mass is 79.9. The van der Waals surface area contributed by atoms with E-state index < -0.39 is 6.10 Å². The molecule has 106 valence electrons. The summed E-state index contributed by atoms with van der Waals surface area (Å²) in [4.78, 5) is 0. The third-order valence-electron chi connectivity index (χ3n) is 2.82. The van der Waals surface area contributed by atoms with Crippen LogP contribution in [0.25, 0.3) is 0 Å². The topological polar surface area (TPSA) is 29.5 Å². The first kappa shape index (κ1) is 15.5. The molecule has 2 aromatic rings. The number of hydrogen-bond acceptors (Lipinski definition) is 2. The smallest absolute Gasteiger partial charge is 0.130 e. The molecule has 1 unspecified atom stereocenters. The van der Waals surface area contributed by atoms with Crippen molar-refractivity contribution >= 4 is 31.9 Å². The predicted molar refractivity (Wildman–Crippen MR) is 83.2 cm³/mol. The molecule has 0 spiro atoms.